The molecular formula is C15H22N2O5. The maximum absolute atomic E-state index is 12.1. The Morgan fingerprint density at radius 3 is 2.36 bits per heavy atom. The van der Waals surface area contributed by atoms with Crippen molar-refractivity contribution in [3.63, 3.8) is 0 Å². The largest absolute Gasteiger partial charge is 0.464 e. The number of carbonyl (C=O) groups is 3. The van der Waals surface area contributed by atoms with Gasteiger partial charge < -0.3 is 18.8 Å². The molecule has 0 aliphatic rings. The van der Waals surface area contributed by atoms with Gasteiger partial charge in [0.1, 0.15) is 23.6 Å². The molecule has 1 aromatic heterocycles. The van der Waals surface area contributed by atoms with Crippen molar-refractivity contribution < 1.29 is 23.9 Å². The molecule has 0 spiro atoms. The second-order valence-electron chi connectivity index (χ2n) is 5.87. The van der Waals surface area contributed by atoms with Gasteiger partial charge in [0.25, 0.3) is 0 Å². The second kappa shape index (κ2) is 6.64. The van der Waals surface area contributed by atoms with Crippen LogP contribution in [0, 0.1) is 0 Å². The topological polar surface area (TPSA) is 77.8 Å². The Labute approximate surface area is 129 Å². The van der Waals surface area contributed by atoms with Crippen molar-refractivity contribution in [1.82, 2.24) is 9.47 Å². The summed E-state index contributed by atoms with van der Waals surface area (Å²) in [4.78, 5) is 36.3. The molecule has 0 saturated heterocycles. The molecule has 0 aliphatic heterocycles. The maximum Gasteiger partial charge on any atom is 0.410 e. The molecule has 0 aromatic carbocycles. The summed E-state index contributed by atoms with van der Waals surface area (Å²) in [6.45, 7) is 5.23. The van der Waals surface area contributed by atoms with Gasteiger partial charge in [-0.15, -0.1) is 0 Å². The first kappa shape index (κ1) is 17.7. The standard InChI is InChI=1S/C15H22N2O5/c1-15(2,3)22-14(20)17(5)12(9-18)10-7-8-11(16(10)4)13(19)21-6/h7-9,12H,1-6H3. The van der Waals surface area contributed by atoms with E-state index in [1.165, 1.54) is 23.6 Å². The van der Waals surface area contributed by atoms with Crippen molar-refractivity contribution in [3.8, 4) is 0 Å². The fourth-order valence-corrected chi connectivity index (χ4v) is 1.94. The van der Waals surface area contributed by atoms with Gasteiger partial charge in [-0.25, -0.2) is 9.59 Å². The lowest BCUT2D eigenvalue weighted by Crippen LogP contribution is -2.38. The Balaban J connectivity index is 3.06. The lowest BCUT2D eigenvalue weighted by Gasteiger charge is -2.28. The molecule has 0 saturated carbocycles. The highest BCUT2D eigenvalue weighted by Crippen LogP contribution is 2.22. The van der Waals surface area contributed by atoms with Gasteiger partial charge in [0.15, 0.2) is 0 Å². The molecule has 1 atom stereocenters. The van der Waals surface area contributed by atoms with Gasteiger partial charge in [-0.1, -0.05) is 0 Å². The van der Waals surface area contributed by atoms with Crippen LogP contribution in [0.5, 0.6) is 0 Å². The lowest BCUT2D eigenvalue weighted by atomic mass is 10.2. The van der Waals surface area contributed by atoms with E-state index in [2.05, 4.69) is 4.74 Å². The Morgan fingerprint density at radius 2 is 1.91 bits per heavy atom. The number of carbonyl (C=O) groups excluding carboxylic acids is 3. The van der Waals surface area contributed by atoms with Gasteiger partial charge in [-0.2, -0.15) is 0 Å². The van der Waals surface area contributed by atoms with Crippen LogP contribution in [-0.4, -0.2) is 47.6 Å². The number of hydrogen-bond donors (Lipinski definition) is 0. The quantitative estimate of drug-likeness (QED) is 0.627. The van der Waals surface area contributed by atoms with Crippen molar-refractivity contribution in [2.24, 2.45) is 7.05 Å². The third-order valence-electron chi connectivity index (χ3n) is 3.09. The minimum Gasteiger partial charge on any atom is -0.464 e. The minimum absolute atomic E-state index is 0.293. The average molecular weight is 310 g/mol. The van der Waals surface area contributed by atoms with Crippen LogP contribution in [0.3, 0.4) is 0 Å². The number of nitrogens with zero attached hydrogens (tertiary/aromatic N) is 2. The van der Waals surface area contributed by atoms with Gasteiger partial charge in [-0.3, -0.25) is 4.90 Å². The molecular weight excluding hydrogens is 288 g/mol. The number of amides is 1. The van der Waals surface area contributed by atoms with Gasteiger partial charge in [0.05, 0.1) is 7.11 Å². The van der Waals surface area contributed by atoms with Gasteiger partial charge in [-0.05, 0) is 32.9 Å². The van der Waals surface area contributed by atoms with Gasteiger partial charge in [0, 0.05) is 19.8 Å². The zero-order valence-corrected chi connectivity index (χ0v) is 13.7. The Morgan fingerprint density at radius 1 is 1.32 bits per heavy atom. The molecule has 1 unspecified atom stereocenters. The van der Waals surface area contributed by atoms with Crippen molar-refractivity contribution >= 4 is 18.3 Å². The van der Waals surface area contributed by atoms with E-state index in [1.807, 2.05) is 0 Å². The van der Waals surface area contributed by atoms with Crippen molar-refractivity contribution in [2.75, 3.05) is 14.2 Å². The van der Waals surface area contributed by atoms with E-state index in [4.69, 9.17) is 4.74 Å². The minimum atomic E-state index is -0.863. The summed E-state index contributed by atoms with van der Waals surface area (Å²) < 4.78 is 11.4. The molecule has 0 radical (unpaired) electrons. The molecule has 1 rings (SSSR count). The van der Waals surface area contributed by atoms with E-state index >= 15 is 0 Å². The molecule has 1 amide bonds. The van der Waals surface area contributed by atoms with Crippen LogP contribution >= 0.6 is 0 Å². The van der Waals surface area contributed by atoms with E-state index in [0.717, 1.165) is 0 Å². The summed E-state index contributed by atoms with van der Waals surface area (Å²) in [7, 11) is 4.37. The molecule has 0 fully saturated rings. The molecule has 1 heterocycles. The van der Waals surface area contributed by atoms with Crippen LogP contribution in [0.2, 0.25) is 0 Å². The molecule has 7 nitrogen and oxygen atoms in total. The zero-order valence-electron chi connectivity index (χ0n) is 13.7. The SMILES string of the molecule is COC(=O)c1ccc(C(C=O)N(C)C(=O)OC(C)(C)C)n1C. The number of aldehydes is 1. The molecule has 0 bridgehead atoms. The third-order valence-corrected chi connectivity index (χ3v) is 3.09. The highest BCUT2D eigenvalue weighted by atomic mass is 16.6. The van der Waals surface area contributed by atoms with Crippen molar-refractivity contribution in [1.29, 1.82) is 0 Å². The van der Waals surface area contributed by atoms with Gasteiger partial charge in [0.2, 0.25) is 0 Å². The summed E-state index contributed by atoms with van der Waals surface area (Å²) in [5, 5.41) is 0. The lowest BCUT2D eigenvalue weighted by molar-refractivity contribution is -0.112. The number of likely N-dealkylation sites (N-methyl/N-ethyl adjacent to an activating group) is 1. The Hall–Kier alpha value is -2.31. The van der Waals surface area contributed by atoms with E-state index in [0.29, 0.717) is 17.7 Å². The van der Waals surface area contributed by atoms with Crippen molar-refractivity contribution in [2.45, 2.75) is 32.4 Å². The fourth-order valence-electron chi connectivity index (χ4n) is 1.94. The summed E-state index contributed by atoms with van der Waals surface area (Å²) in [6, 6.07) is 2.28. The first-order chi connectivity index (χ1) is 10.1. The third kappa shape index (κ3) is 3.87. The van der Waals surface area contributed by atoms with Crippen LogP contribution in [0.15, 0.2) is 12.1 Å². The first-order valence-electron chi connectivity index (χ1n) is 6.77. The summed E-state index contributed by atoms with van der Waals surface area (Å²) in [5.74, 6) is -0.515. The number of ether oxygens (including phenoxy) is 2. The fraction of sp³-hybridized carbons (Fsp3) is 0.533. The summed E-state index contributed by atoms with van der Waals surface area (Å²) >= 11 is 0. The molecule has 1 aromatic rings. The summed E-state index contributed by atoms with van der Waals surface area (Å²) in [6.07, 6.45) is 0.00533. The van der Waals surface area contributed by atoms with E-state index < -0.39 is 23.7 Å². The van der Waals surface area contributed by atoms with Crippen LogP contribution in [0.25, 0.3) is 0 Å². The summed E-state index contributed by atoms with van der Waals surface area (Å²) in [5.41, 5.74) is 0.121. The van der Waals surface area contributed by atoms with E-state index in [9.17, 15) is 14.4 Å². The number of rotatable bonds is 4. The number of methoxy groups -OCH3 is 1. The Bertz CT molecular complexity index is 571. The second-order valence-corrected chi connectivity index (χ2v) is 5.87. The molecule has 122 valence electrons. The molecule has 7 heteroatoms. The van der Waals surface area contributed by atoms with E-state index in [-0.39, 0.29) is 0 Å². The number of esters is 1. The molecule has 22 heavy (non-hydrogen) atoms. The van der Waals surface area contributed by atoms with Crippen LogP contribution in [0.4, 0.5) is 4.79 Å². The van der Waals surface area contributed by atoms with Crippen molar-refractivity contribution in [3.05, 3.63) is 23.5 Å². The highest BCUT2D eigenvalue weighted by molar-refractivity contribution is 5.88. The smallest absolute Gasteiger partial charge is 0.410 e. The van der Waals surface area contributed by atoms with Crippen LogP contribution < -0.4 is 0 Å². The average Bonchev–Trinajstić information content (AvgIpc) is 2.79. The predicted molar refractivity (Wildman–Crippen MR) is 79.6 cm³/mol. The van der Waals surface area contributed by atoms with E-state index in [1.54, 1.807) is 40.0 Å². The molecule has 0 aliphatic carbocycles. The number of aromatic nitrogens is 1. The predicted octanol–water partition coefficient (Wildman–Crippen LogP) is 1.92. The first-order valence-corrected chi connectivity index (χ1v) is 6.77. The zero-order chi connectivity index (χ0) is 17.1. The Kier molecular flexibility index (Phi) is 5.35. The molecule has 0 N–H and O–H groups in total. The van der Waals surface area contributed by atoms with Crippen LogP contribution in [-0.2, 0) is 21.3 Å². The highest BCUT2D eigenvalue weighted by Gasteiger charge is 2.28. The normalized spacial score (nSPS) is 12.5. The monoisotopic (exact) mass is 310 g/mol. The van der Waals surface area contributed by atoms with Crippen LogP contribution in [0.1, 0.15) is 43.0 Å². The maximum atomic E-state index is 12.1. The number of hydrogen-bond acceptors (Lipinski definition) is 5. The van der Waals surface area contributed by atoms with Gasteiger partial charge >= 0.3 is 12.1 Å².